The molecule has 0 atom stereocenters. The molecule has 8 heteroatoms. The number of ether oxygens (including phenoxy) is 3. The zero-order chi connectivity index (χ0) is 18.4. The lowest BCUT2D eigenvalue weighted by atomic mass is 10.2. The smallest absolute Gasteiger partial charge is 0.326 e. The van der Waals surface area contributed by atoms with E-state index in [1.54, 1.807) is 32.2 Å². The molecule has 1 amide bonds. The molecule has 0 N–H and O–H groups in total. The van der Waals surface area contributed by atoms with E-state index in [2.05, 4.69) is 0 Å². The Hall–Kier alpha value is -2.06. The summed E-state index contributed by atoms with van der Waals surface area (Å²) in [6, 6.07) is 5.39. The van der Waals surface area contributed by atoms with Crippen LogP contribution in [0.3, 0.4) is 0 Å². The topological polar surface area (TPSA) is 65.1 Å². The molecule has 0 spiro atoms. The molecule has 25 heavy (non-hydrogen) atoms. The molecule has 1 aromatic rings. The second kappa shape index (κ2) is 8.87. The van der Waals surface area contributed by atoms with Crippen LogP contribution in [0.5, 0.6) is 11.5 Å². The monoisotopic (exact) mass is 381 g/mol. The highest BCUT2D eigenvalue weighted by atomic mass is 32.2. The van der Waals surface area contributed by atoms with Crippen molar-refractivity contribution in [2.24, 2.45) is 0 Å². The molecule has 1 aliphatic rings. The van der Waals surface area contributed by atoms with Gasteiger partial charge < -0.3 is 14.2 Å². The molecule has 134 valence electrons. The third kappa shape index (κ3) is 4.73. The normalized spacial score (nSPS) is 15.6. The van der Waals surface area contributed by atoms with Crippen molar-refractivity contribution in [2.75, 3.05) is 26.9 Å². The van der Waals surface area contributed by atoms with Crippen LogP contribution in [0.2, 0.25) is 0 Å². The van der Waals surface area contributed by atoms with Crippen LogP contribution in [0, 0.1) is 0 Å². The molecular weight excluding hydrogens is 362 g/mol. The summed E-state index contributed by atoms with van der Waals surface area (Å²) in [5.74, 6) is 0.424. The fourth-order valence-corrected chi connectivity index (χ4v) is 3.43. The minimum absolute atomic E-state index is 0.178. The Kier molecular flexibility index (Phi) is 6.83. The molecule has 0 unspecified atom stereocenters. The predicted octanol–water partition coefficient (Wildman–Crippen LogP) is 2.86. The Morgan fingerprint density at radius 1 is 1.28 bits per heavy atom. The number of hydrogen-bond donors (Lipinski definition) is 0. The number of carbonyl (C=O) groups excluding carboxylic acids is 2. The number of rotatable bonds is 7. The molecule has 0 saturated carbocycles. The van der Waals surface area contributed by atoms with Crippen LogP contribution in [-0.4, -0.2) is 48.0 Å². The molecule has 1 aromatic carbocycles. The highest BCUT2D eigenvalue weighted by molar-refractivity contribution is 8.26. The zero-order valence-corrected chi connectivity index (χ0v) is 15.9. The summed E-state index contributed by atoms with van der Waals surface area (Å²) >= 11 is 6.35. The van der Waals surface area contributed by atoms with Crippen molar-refractivity contribution in [1.29, 1.82) is 0 Å². The maximum Gasteiger partial charge on any atom is 0.326 e. The van der Waals surface area contributed by atoms with Crippen molar-refractivity contribution in [3.63, 3.8) is 0 Å². The summed E-state index contributed by atoms with van der Waals surface area (Å²) in [5.41, 5.74) is 0.775. The summed E-state index contributed by atoms with van der Waals surface area (Å²) in [4.78, 5) is 25.8. The van der Waals surface area contributed by atoms with Gasteiger partial charge in [-0.1, -0.05) is 30.0 Å². The van der Waals surface area contributed by atoms with Gasteiger partial charge in [0.1, 0.15) is 10.9 Å². The Morgan fingerprint density at radius 3 is 2.68 bits per heavy atom. The first kappa shape index (κ1) is 19.3. The molecule has 0 bridgehead atoms. The summed E-state index contributed by atoms with van der Waals surface area (Å²) < 4.78 is 16.0. The summed E-state index contributed by atoms with van der Waals surface area (Å²) in [7, 11) is 1.56. The Bertz CT molecular complexity index is 717. The van der Waals surface area contributed by atoms with Crippen LogP contribution in [0.4, 0.5) is 0 Å². The first-order chi connectivity index (χ1) is 12.0. The van der Waals surface area contributed by atoms with Crippen LogP contribution in [-0.2, 0) is 14.3 Å². The predicted molar refractivity (Wildman–Crippen MR) is 101 cm³/mol. The fraction of sp³-hybridized carbons (Fsp3) is 0.353. The van der Waals surface area contributed by atoms with E-state index in [-0.39, 0.29) is 19.1 Å². The van der Waals surface area contributed by atoms with E-state index in [4.69, 9.17) is 26.4 Å². The largest absolute Gasteiger partial charge is 0.493 e. The van der Waals surface area contributed by atoms with Crippen molar-refractivity contribution in [2.45, 2.75) is 13.8 Å². The quantitative estimate of drug-likeness (QED) is 0.409. The lowest BCUT2D eigenvalue weighted by Crippen LogP contribution is -2.34. The number of thioether (sulfide) groups is 1. The lowest BCUT2D eigenvalue weighted by molar-refractivity contribution is -0.145. The van der Waals surface area contributed by atoms with Crippen LogP contribution < -0.4 is 9.47 Å². The molecule has 0 aromatic heterocycles. The SMILES string of the molecule is CCOC(=O)CN1C(=O)C(=Cc2ccc(OCC)c(OC)c2)SC1=S. The maximum atomic E-state index is 12.5. The van der Waals surface area contributed by atoms with E-state index >= 15 is 0 Å². The molecule has 1 fully saturated rings. The summed E-state index contributed by atoms with van der Waals surface area (Å²) in [6.45, 7) is 4.21. The van der Waals surface area contributed by atoms with Gasteiger partial charge in [0.25, 0.3) is 5.91 Å². The molecule has 1 aliphatic heterocycles. The lowest BCUT2D eigenvalue weighted by Gasteiger charge is -2.12. The van der Waals surface area contributed by atoms with Crippen molar-refractivity contribution in [1.82, 2.24) is 4.90 Å². The van der Waals surface area contributed by atoms with Gasteiger partial charge in [-0.15, -0.1) is 0 Å². The first-order valence-electron chi connectivity index (χ1n) is 7.72. The minimum atomic E-state index is -0.484. The van der Waals surface area contributed by atoms with Crippen molar-refractivity contribution in [3.8, 4) is 11.5 Å². The van der Waals surface area contributed by atoms with Crippen LogP contribution in [0.15, 0.2) is 23.1 Å². The van der Waals surface area contributed by atoms with Crippen LogP contribution >= 0.6 is 24.0 Å². The van der Waals surface area contributed by atoms with E-state index in [1.807, 2.05) is 13.0 Å². The van der Waals surface area contributed by atoms with Crippen molar-refractivity contribution in [3.05, 3.63) is 28.7 Å². The van der Waals surface area contributed by atoms with Gasteiger partial charge in [0.05, 0.1) is 25.2 Å². The number of carbonyl (C=O) groups is 2. The number of esters is 1. The first-order valence-corrected chi connectivity index (χ1v) is 8.94. The summed E-state index contributed by atoms with van der Waals surface area (Å²) in [6.07, 6.45) is 1.71. The van der Waals surface area contributed by atoms with Gasteiger partial charge in [-0.05, 0) is 37.6 Å². The summed E-state index contributed by atoms with van der Waals surface area (Å²) in [5, 5.41) is 0. The molecule has 2 rings (SSSR count). The average Bonchev–Trinajstić information content (AvgIpc) is 2.84. The number of hydrogen-bond acceptors (Lipinski definition) is 7. The van der Waals surface area contributed by atoms with Gasteiger partial charge in [0, 0.05) is 0 Å². The number of benzene rings is 1. The van der Waals surface area contributed by atoms with Gasteiger partial charge in [-0.3, -0.25) is 14.5 Å². The standard InChI is InChI=1S/C17H19NO5S2/c1-4-22-12-7-6-11(8-13(12)21-3)9-14-16(20)18(17(24)25-14)10-15(19)23-5-2/h6-9H,4-5,10H2,1-3H3. The maximum absolute atomic E-state index is 12.5. The van der Waals surface area contributed by atoms with E-state index in [1.165, 1.54) is 4.90 Å². The third-order valence-electron chi connectivity index (χ3n) is 3.25. The number of thiocarbonyl (C=S) groups is 1. The molecule has 1 heterocycles. The van der Waals surface area contributed by atoms with Gasteiger partial charge in [0.15, 0.2) is 11.5 Å². The Morgan fingerprint density at radius 2 is 2.04 bits per heavy atom. The minimum Gasteiger partial charge on any atom is -0.493 e. The number of amides is 1. The van der Waals surface area contributed by atoms with Gasteiger partial charge >= 0.3 is 5.97 Å². The molecular formula is C17H19NO5S2. The molecule has 1 saturated heterocycles. The molecule has 0 radical (unpaired) electrons. The van der Waals surface area contributed by atoms with Crippen LogP contribution in [0.25, 0.3) is 6.08 Å². The Labute approximate surface area is 156 Å². The highest BCUT2D eigenvalue weighted by Gasteiger charge is 2.33. The Balaban J connectivity index is 2.20. The van der Waals surface area contributed by atoms with Gasteiger partial charge in [0.2, 0.25) is 0 Å². The average molecular weight is 381 g/mol. The van der Waals surface area contributed by atoms with E-state index in [0.717, 1.165) is 17.3 Å². The number of methoxy groups -OCH3 is 1. The highest BCUT2D eigenvalue weighted by Crippen LogP contribution is 2.34. The number of nitrogens with zero attached hydrogens (tertiary/aromatic N) is 1. The zero-order valence-electron chi connectivity index (χ0n) is 14.2. The molecule has 0 aliphatic carbocycles. The second-order valence-corrected chi connectivity index (χ2v) is 6.59. The third-order valence-corrected chi connectivity index (χ3v) is 4.63. The van der Waals surface area contributed by atoms with Crippen molar-refractivity contribution < 1.29 is 23.8 Å². The van der Waals surface area contributed by atoms with Crippen molar-refractivity contribution >= 4 is 46.3 Å². The fourth-order valence-electron chi connectivity index (χ4n) is 2.17. The van der Waals surface area contributed by atoms with Crippen LogP contribution in [0.1, 0.15) is 19.4 Å². The second-order valence-electron chi connectivity index (χ2n) is 4.92. The van der Waals surface area contributed by atoms with Gasteiger partial charge in [-0.2, -0.15) is 0 Å². The van der Waals surface area contributed by atoms with E-state index < -0.39 is 5.97 Å². The van der Waals surface area contributed by atoms with E-state index in [9.17, 15) is 9.59 Å². The van der Waals surface area contributed by atoms with Gasteiger partial charge in [-0.25, -0.2) is 0 Å². The van der Waals surface area contributed by atoms with E-state index in [0.29, 0.717) is 27.3 Å². The molecule has 6 nitrogen and oxygen atoms in total.